The number of amides is 5. The number of carbonyl (C=O) groups is 5. The normalized spacial score (nSPS) is 16.5. The average molecular weight is 892 g/mol. The fourth-order valence-corrected chi connectivity index (χ4v) is 7.18. The summed E-state index contributed by atoms with van der Waals surface area (Å²) in [6.45, 7) is 7.26. The molecule has 1 aliphatic rings. The van der Waals surface area contributed by atoms with Gasteiger partial charge in [0.25, 0.3) is 5.91 Å². The first-order valence-corrected chi connectivity index (χ1v) is 21.3. The van der Waals surface area contributed by atoms with Crippen LogP contribution in [0.4, 0.5) is 0 Å². The average Bonchev–Trinajstić information content (AvgIpc) is 3.28. The largest absolute Gasteiger partial charge is 0.492 e. The second-order valence-electron chi connectivity index (χ2n) is 15.6. The highest BCUT2D eigenvalue weighted by atomic mass is 16.5. The number of fused-ring (bicyclic) bond motifs is 5. The number of likely N-dealkylation sites (N-methyl/N-ethyl adjacent to an activating group) is 1. The third-order valence-electron chi connectivity index (χ3n) is 10.3. The maximum Gasteiger partial charge on any atom is 0.255 e. The molecule has 5 rings (SSSR count). The standard InChI is InChI=1S/C46H57N11O8/c1-26(2)65-32-8-6-7-31(23-32)41-52-25-35(27(3)53-41)43(59)55-36(13-14-47)46(62)57(5)40-30-10-12-39(64-20-17-50)34(24-30)33-21-29(9-11-38(33)63-19-16-49)22-37(44(60)51-18-15-48)56-42(58)28(4)54-45(40)61/h6-12,21,23-26,28,36-37,40H,13-14,16-20,22,47,49-50H2,1-5H3,(H,51,60)(H,54,61)(H,55,59)(H,56,58)/t28-,36?,37-,40-/m0/s1. The highest BCUT2D eigenvalue weighted by Crippen LogP contribution is 2.40. The molecule has 5 amide bonds. The van der Waals surface area contributed by atoms with Crippen LogP contribution in [0.25, 0.3) is 22.5 Å². The Kier molecular flexibility index (Phi) is 17.3. The molecule has 19 heteroatoms. The van der Waals surface area contributed by atoms with Crippen LogP contribution in [0.5, 0.6) is 17.2 Å². The lowest BCUT2D eigenvalue weighted by atomic mass is 9.93. The monoisotopic (exact) mass is 891 g/mol. The number of aromatic nitrogens is 2. The van der Waals surface area contributed by atoms with E-state index in [9.17, 15) is 24.0 Å². The lowest BCUT2D eigenvalue weighted by molar-refractivity contribution is -0.141. The molecule has 344 valence electrons. The second kappa shape index (κ2) is 23.0. The molecule has 0 saturated heterocycles. The first-order chi connectivity index (χ1) is 31.2. The molecule has 4 bridgehead atoms. The minimum absolute atomic E-state index is 0.00182. The van der Waals surface area contributed by atoms with Crippen LogP contribution in [0.2, 0.25) is 0 Å². The second-order valence-corrected chi connectivity index (χ2v) is 15.6. The Morgan fingerprint density at radius 2 is 1.63 bits per heavy atom. The molecule has 0 spiro atoms. The van der Waals surface area contributed by atoms with E-state index >= 15 is 0 Å². The van der Waals surface area contributed by atoms with Crippen LogP contribution >= 0.6 is 0 Å². The molecule has 4 aromatic rings. The lowest BCUT2D eigenvalue weighted by Crippen LogP contribution is -2.56. The van der Waals surface area contributed by atoms with E-state index in [0.29, 0.717) is 56.6 Å². The van der Waals surface area contributed by atoms with Crippen molar-refractivity contribution in [2.24, 2.45) is 17.2 Å². The van der Waals surface area contributed by atoms with Gasteiger partial charge >= 0.3 is 0 Å². The Labute approximate surface area is 377 Å². The molecule has 0 radical (unpaired) electrons. The van der Waals surface area contributed by atoms with E-state index in [1.807, 2.05) is 38.1 Å². The summed E-state index contributed by atoms with van der Waals surface area (Å²) in [4.78, 5) is 80.3. The van der Waals surface area contributed by atoms with Gasteiger partial charge in [0, 0.05) is 49.4 Å². The first kappa shape index (κ1) is 48.9. The minimum Gasteiger partial charge on any atom is -0.492 e. The molecule has 19 nitrogen and oxygen atoms in total. The van der Waals surface area contributed by atoms with Crippen molar-refractivity contribution >= 4 is 29.5 Å². The lowest BCUT2D eigenvalue weighted by Gasteiger charge is -2.32. The number of hydrogen-bond acceptors (Lipinski definition) is 14. The van der Waals surface area contributed by atoms with Gasteiger partial charge in [-0.1, -0.05) is 24.3 Å². The van der Waals surface area contributed by atoms with E-state index in [1.54, 1.807) is 49.4 Å². The Morgan fingerprint density at radius 3 is 2.28 bits per heavy atom. The summed E-state index contributed by atoms with van der Waals surface area (Å²) in [5.41, 5.74) is 20.6. The van der Waals surface area contributed by atoms with Crippen LogP contribution in [-0.4, -0.2) is 115 Å². The maximum atomic E-state index is 14.6. The van der Waals surface area contributed by atoms with Crippen LogP contribution in [0.15, 0.2) is 66.9 Å². The van der Waals surface area contributed by atoms with Crippen molar-refractivity contribution in [3.63, 3.8) is 0 Å². The number of nitrogens with zero attached hydrogens (tertiary/aromatic N) is 4. The van der Waals surface area contributed by atoms with Gasteiger partial charge in [-0.05, 0) is 88.2 Å². The number of ether oxygens (including phenoxy) is 3. The quantitative estimate of drug-likeness (QED) is 0.0739. The molecule has 0 fully saturated rings. The third-order valence-corrected chi connectivity index (χ3v) is 10.3. The summed E-state index contributed by atoms with van der Waals surface area (Å²) in [6, 6.07) is 14.2. The van der Waals surface area contributed by atoms with Gasteiger partial charge in [0.05, 0.1) is 23.4 Å². The van der Waals surface area contributed by atoms with Gasteiger partial charge in [-0.15, -0.1) is 0 Å². The Hall–Kier alpha value is -7.14. The summed E-state index contributed by atoms with van der Waals surface area (Å²) in [5, 5.41) is 19.8. The summed E-state index contributed by atoms with van der Waals surface area (Å²) < 4.78 is 18.0. The highest BCUT2D eigenvalue weighted by molar-refractivity contribution is 6.00. The number of aryl methyl sites for hydroxylation is 1. The summed E-state index contributed by atoms with van der Waals surface area (Å²) in [5.74, 6) is -1.65. The molecule has 2 heterocycles. The third kappa shape index (κ3) is 12.5. The predicted octanol–water partition coefficient (Wildman–Crippen LogP) is 1.41. The molecule has 1 aliphatic heterocycles. The number of nitrogens with two attached hydrogens (primary N) is 3. The summed E-state index contributed by atoms with van der Waals surface area (Å²) in [7, 11) is 1.40. The van der Waals surface area contributed by atoms with Crippen LogP contribution < -0.4 is 52.7 Å². The zero-order valence-electron chi connectivity index (χ0n) is 37.2. The molecule has 0 aliphatic carbocycles. The van der Waals surface area contributed by atoms with Crippen LogP contribution in [0.3, 0.4) is 0 Å². The number of nitriles is 1. The molecule has 4 atom stereocenters. The van der Waals surface area contributed by atoms with Gasteiger partial charge < -0.3 is 57.6 Å². The van der Waals surface area contributed by atoms with Crippen molar-refractivity contribution in [1.29, 1.82) is 5.26 Å². The Balaban J connectivity index is 1.56. The van der Waals surface area contributed by atoms with Crippen molar-refractivity contribution in [1.82, 2.24) is 36.1 Å². The molecule has 65 heavy (non-hydrogen) atoms. The van der Waals surface area contributed by atoms with Gasteiger partial charge in [-0.3, -0.25) is 24.0 Å². The molecule has 1 aromatic heterocycles. The smallest absolute Gasteiger partial charge is 0.255 e. The van der Waals surface area contributed by atoms with Crippen molar-refractivity contribution in [3.05, 3.63) is 89.2 Å². The zero-order chi connectivity index (χ0) is 47.2. The fraction of sp³-hybridized carbons (Fsp3) is 0.391. The fourth-order valence-electron chi connectivity index (χ4n) is 7.18. The SMILES string of the molecule is Cc1nc(-c2cccc(OC(C)C)c2)ncc1C(=O)NC(CCN)C(=O)N(C)[C@@H]1C(=O)N[C@@H](C)C(=O)N[C@H](C(=O)NCC#N)Cc2ccc(OCCN)c(c2)-c2cc1ccc2OCCN. The van der Waals surface area contributed by atoms with Crippen LogP contribution in [0.1, 0.15) is 60.4 Å². The molecule has 0 saturated carbocycles. The van der Waals surface area contributed by atoms with Gasteiger partial charge in [0.1, 0.15) is 61.2 Å². The van der Waals surface area contributed by atoms with Gasteiger partial charge in [-0.25, -0.2) is 9.97 Å². The van der Waals surface area contributed by atoms with Crippen LogP contribution in [0, 0.1) is 18.3 Å². The summed E-state index contributed by atoms with van der Waals surface area (Å²) in [6.07, 6.45) is 1.32. The van der Waals surface area contributed by atoms with E-state index < -0.39 is 53.7 Å². The summed E-state index contributed by atoms with van der Waals surface area (Å²) >= 11 is 0. The minimum atomic E-state index is -1.41. The van der Waals surface area contributed by atoms with Crippen molar-refractivity contribution < 1.29 is 38.2 Å². The molecular weight excluding hydrogens is 835 g/mol. The van der Waals surface area contributed by atoms with E-state index in [0.717, 1.165) is 0 Å². The number of rotatable bonds is 17. The maximum absolute atomic E-state index is 14.6. The van der Waals surface area contributed by atoms with Crippen molar-refractivity contribution in [3.8, 4) is 45.8 Å². The van der Waals surface area contributed by atoms with E-state index in [-0.39, 0.29) is 63.9 Å². The molecule has 3 aromatic carbocycles. The highest BCUT2D eigenvalue weighted by Gasteiger charge is 2.36. The molecular formula is C46H57N11O8. The van der Waals surface area contributed by atoms with Crippen LogP contribution in [-0.2, 0) is 25.6 Å². The number of nitrogens with one attached hydrogen (secondary N) is 4. The van der Waals surface area contributed by atoms with Gasteiger partial charge in [-0.2, -0.15) is 5.26 Å². The van der Waals surface area contributed by atoms with Crippen molar-refractivity contribution in [2.45, 2.75) is 70.8 Å². The number of carbonyl (C=O) groups excluding carboxylic acids is 5. The van der Waals surface area contributed by atoms with E-state index in [4.69, 9.17) is 36.7 Å². The number of hydrogen-bond donors (Lipinski definition) is 7. The first-order valence-electron chi connectivity index (χ1n) is 21.3. The van der Waals surface area contributed by atoms with Gasteiger partial charge in [0.2, 0.25) is 23.6 Å². The topological polar surface area (TPSA) is 292 Å². The molecule has 10 N–H and O–H groups in total. The van der Waals surface area contributed by atoms with E-state index in [1.165, 1.54) is 25.1 Å². The Bertz CT molecular complexity index is 2400. The zero-order valence-corrected chi connectivity index (χ0v) is 37.2. The molecule has 1 unspecified atom stereocenters. The van der Waals surface area contributed by atoms with Crippen molar-refractivity contribution in [2.75, 3.05) is 46.4 Å². The predicted molar refractivity (Wildman–Crippen MR) is 241 cm³/mol. The van der Waals surface area contributed by atoms with E-state index in [2.05, 4.69) is 31.2 Å². The van der Waals surface area contributed by atoms with Gasteiger partial charge in [0.15, 0.2) is 5.82 Å². The number of benzene rings is 3. The Morgan fingerprint density at radius 1 is 0.938 bits per heavy atom.